The summed E-state index contributed by atoms with van der Waals surface area (Å²) in [6, 6.07) is 4.08. The van der Waals surface area contributed by atoms with Crippen molar-refractivity contribution in [3.05, 3.63) is 50.6 Å². The highest BCUT2D eigenvalue weighted by Gasteiger charge is 2.36. The van der Waals surface area contributed by atoms with Gasteiger partial charge in [0.05, 0.1) is 0 Å². The smallest absolute Gasteiger partial charge is 0.347 e. The molecule has 1 heterocycles. The number of fused-ring (bicyclic) bond motifs is 1. The number of rotatable bonds is 1. The molecule has 0 fully saturated rings. The van der Waals surface area contributed by atoms with E-state index in [4.69, 9.17) is 4.42 Å². The monoisotopic (exact) mass is 340 g/mol. The molecular formula is C22H28O3. The first-order chi connectivity index (χ1) is 11.6. The minimum absolute atomic E-state index is 0.00520. The average Bonchev–Trinajstić information content (AvgIpc) is 2.48. The van der Waals surface area contributed by atoms with Crippen LogP contribution in [0.15, 0.2) is 21.3 Å². The summed E-state index contributed by atoms with van der Waals surface area (Å²) in [5.74, 6) is 0.965. The fourth-order valence-electron chi connectivity index (χ4n) is 4.33. The molecule has 1 atom stereocenters. The Labute approximate surface area is 149 Å². The van der Waals surface area contributed by atoms with Crippen LogP contribution in [-0.4, -0.2) is 5.11 Å². The Balaban J connectivity index is 2.28. The minimum Gasteiger partial charge on any atom is -0.507 e. The SMILES string of the molecule is Cc1cc(C)c(-c2c(O)c3c(oc2=O)C(C(C)(C)C)CCC3)c(C)c1. The Bertz CT molecular complexity index is 858. The molecule has 0 radical (unpaired) electrons. The van der Waals surface area contributed by atoms with Gasteiger partial charge in [0.25, 0.3) is 0 Å². The number of aromatic hydroxyl groups is 1. The molecule has 0 bridgehead atoms. The number of hydrogen-bond acceptors (Lipinski definition) is 3. The van der Waals surface area contributed by atoms with E-state index in [9.17, 15) is 9.90 Å². The van der Waals surface area contributed by atoms with Crippen LogP contribution in [0.1, 0.15) is 67.5 Å². The molecule has 1 N–H and O–H groups in total. The van der Waals surface area contributed by atoms with Crippen molar-refractivity contribution in [2.24, 2.45) is 5.41 Å². The highest BCUT2D eigenvalue weighted by Crippen LogP contribution is 2.47. The van der Waals surface area contributed by atoms with E-state index < -0.39 is 5.63 Å². The van der Waals surface area contributed by atoms with Gasteiger partial charge in [0.1, 0.15) is 17.1 Å². The van der Waals surface area contributed by atoms with Gasteiger partial charge < -0.3 is 9.52 Å². The van der Waals surface area contributed by atoms with Crippen LogP contribution in [0.4, 0.5) is 0 Å². The van der Waals surface area contributed by atoms with Gasteiger partial charge in [0.15, 0.2) is 0 Å². The molecule has 0 spiro atoms. The number of aryl methyl sites for hydroxylation is 3. The van der Waals surface area contributed by atoms with E-state index in [1.165, 1.54) is 0 Å². The van der Waals surface area contributed by atoms with Crippen molar-refractivity contribution < 1.29 is 9.52 Å². The van der Waals surface area contributed by atoms with E-state index in [1.807, 2.05) is 32.9 Å². The van der Waals surface area contributed by atoms with Crippen LogP contribution in [0.25, 0.3) is 11.1 Å². The third kappa shape index (κ3) is 3.01. The van der Waals surface area contributed by atoms with Gasteiger partial charge >= 0.3 is 5.63 Å². The summed E-state index contributed by atoms with van der Waals surface area (Å²) in [4.78, 5) is 12.8. The van der Waals surface area contributed by atoms with Gasteiger partial charge in [-0.3, -0.25) is 0 Å². The highest BCUT2D eigenvalue weighted by atomic mass is 16.4. The molecule has 1 aromatic carbocycles. The van der Waals surface area contributed by atoms with Crippen LogP contribution >= 0.6 is 0 Å². The second-order valence-corrected chi connectivity index (χ2v) is 8.54. The molecule has 1 unspecified atom stereocenters. The van der Waals surface area contributed by atoms with Gasteiger partial charge in [-0.2, -0.15) is 0 Å². The fraction of sp³-hybridized carbons (Fsp3) is 0.500. The largest absolute Gasteiger partial charge is 0.507 e. The Morgan fingerprint density at radius 1 is 1.08 bits per heavy atom. The molecule has 1 aliphatic rings. The van der Waals surface area contributed by atoms with E-state index in [0.717, 1.165) is 47.1 Å². The Hall–Kier alpha value is -2.03. The van der Waals surface area contributed by atoms with Gasteiger partial charge in [-0.1, -0.05) is 38.5 Å². The van der Waals surface area contributed by atoms with Crippen molar-refractivity contribution in [3.8, 4) is 16.9 Å². The van der Waals surface area contributed by atoms with Crippen molar-refractivity contribution in [2.75, 3.05) is 0 Å². The van der Waals surface area contributed by atoms with E-state index in [0.29, 0.717) is 11.3 Å². The van der Waals surface area contributed by atoms with Gasteiger partial charge in [0, 0.05) is 11.5 Å². The molecule has 0 amide bonds. The van der Waals surface area contributed by atoms with Crippen LogP contribution in [-0.2, 0) is 6.42 Å². The number of benzene rings is 1. The molecule has 25 heavy (non-hydrogen) atoms. The molecule has 0 aliphatic heterocycles. The summed E-state index contributed by atoms with van der Waals surface area (Å²) in [7, 11) is 0. The van der Waals surface area contributed by atoms with Gasteiger partial charge in [-0.15, -0.1) is 0 Å². The molecule has 1 aliphatic carbocycles. The molecule has 0 saturated carbocycles. The maximum absolute atomic E-state index is 12.8. The summed E-state index contributed by atoms with van der Waals surface area (Å²) < 4.78 is 5.83. The van der Waals surface area contributed by atoms with Gasteiger partial charge in [-0.05, 0) is 62.1 Å². The Morgan fingerprint density at radius 3 is 2.24 bits per heavy atom. The molecular weight excluding hydrogens is 312 g/mol. The zero-order chi connectivity index (χ0) is 18.5. The zero-order valence-electron chi connectivity index (χ0n) is 16.1. The van der Waals surface area contributed by atoms with E-state index in [2.05, 4.69) is 20.8 Å². The maximum Gasteiger partial charge on any atom is 0.347 e. The van der Waals surface area contributed by atoms with Crippen molar-refractivity contribution in [3.63, 3.8) is 0 Å². The van der Waals surface area contributed by atoms with E-state index in [1.54, 1.807) is 0 Å². The lowest BCUT2D eigenvalue weighted by molar-refractivity contribution is 0.236. The second kappa shape index (κ2) is 6.05. The predicted molar refractivity (Wildman–Crippen MR) is 101 cm³/mol. The molecule has 0 saturated heterocycles. The quantitative estimate of drug-likeness (QED) is 0.756. The van der Waals surface area contributed by atoms with E-state index in [-0.39, 0.29) is 17.1 Å². The van der Waals surface area contributed by atoms with Crippen LogP contribution in [0.3, 0.4) is 0 Å². The molecule has 3 heteroatoms. The lowest BCUT2D eigenvalue weighted by Crippen LogP contribution is -2.25. The molecule has 3 rings (SSSR count). The lowest BCUT2D eigenvalue weighted by atomic mass is 9.71. The first-order valence-electron chi connectivity index (χ1n) is 9.08. The summed E-state index contributed by atoms with van der Waals surface area (Å²) in [6.45, 7) is 12.5. The first-order valence-corrected chi connectivity index (χ1v) is 9.08. The van der Waals surface area contributed by atoms with Gasteiger partial charge in [-0.25, -0.2) is 4.79 Å². The topological polar surface area (TPSA) is 50.4 Å². The Kier molecular flexibility index (Phi) is 4.30. The molecule has 134 valence electrons. The first kappa shape index (κ1) is 17.8. The normalized spacial score (nSPS) is 17.4. The van der Waals surface area contributed by atoms with Crippen LogP contribution in [0.5, 0.6) is 5.75 Å². The molecule has 1 aromatic heterocycles. The predicted octanol–water partition coefficient (Wildman–Crippen LogP) is 5.40. The van der Waals surface area contributed by atoms with Crippen LogP contribution in [0, 0.1) is 26.2 Å². The zero-order valence-corrected chi connectivity index (χ0v) is 16.1. The third-order valence-electron chi connectivity index (χ3n) is 5.44. The lowest BCUT2D eigenvalue weighted by Gasteiger charge is -2.34. The van der Waals surface area contributed by atoms with Crippen molar-refractivity contribution in [1.29, 1.82) is 0 Å². The van der Waals surface area contributed by atoms with Crippen molar-refractivity contribution in [2.45, 2.75) is 66.7 Å². The van der Waals surface area contributed by atoms with Crippen LogP contribution in [0.2, 0.25) is 0 Å². The summed E-state index contributed by atoms with van der Waals surface area (Å²) in [6.07, 6.45) is 2.75. The molecule has 3 nitrogen and oxygen atoms in total. The highest BCUT2D eigenvalue weighted by molar-refractivity contribution is 5.76. The molecule has 2 aromatic rings. The summed E-state index contributed by atoms with van der Waals surface area (Å²) in [5.41, 5.74) is 4.64. The van der Waals surface area contributed by atoms with E-state index >= 15 is 0 Å². The average molecular weight is 340 g/mol. The number of hydrogen-bond donors (Lipinski definition) is 1. The van der Waals surface area contributed by atoms with Crippen molar-refractivity contribution in [1.82, 2.24) is 0 Å². The fourth-order valence-corrected chi connectivity index (χ4v) is 4.33. The summed E-state index contributed by atoms with van der Waals surface area (Å²) in [5, 5.41) is 11.0. The standard InChI is InChI=1S/C22H28O3/c1-12-10-13(2)17(14(3)11-12)18-19(23)15-8-7-9-16(22(4,5)6)20(15)25-21(18)24/h10-11,16,23H,7-9H2,1-6H3. The minimum atomic E-state index is -0.428. The second-order valence-electron chi connectivity index (χ2n) is 8.54. The van der Waals surface area contributed by atoms with Crippen LogP contribution < -0.4 is 5.63 Å². The van der Waals surface area contributed by atoms with Crippen molar-refractivity contribution >= 4 is 0 Å². The maximum atomic E-state index is 12.8. The Morgan fingerprint density at radius 2 is 1.68 bits per heavy atom. The summed E-state index contributed by atoms with van der Waals surface area (Å²) >= 11 is 0. The van der Waals surface area contributed by atoms with Gasteiger partial charge in [0.2, 0.25) is 0 Å². The third-order valence-corrected chi connectivity index (χ3v) is 5.44.